The topological polar surface area (TPSA) is 103 Å². The van der Waals surface area contributed by atoms with Gasteiger partial charge in [-0.05, 0) is 97.8 Å². The smallest absolute Gasteiger partial charge is 0.251 e. The van der Waals surface area contributed by atoms with E-state index in [-0.39, 0.29) is 23.9 Å². The molecule has 0 bridgehead atoms. The number of amides is 2. The van der Waals surface area contributed by atoms with Crippen molar-refractivity contribution in [2.24, 2.45) is 0 Å². The number of nitrogens with one attached hydrogen (secondary N) is 2. The molecule has 10 heteroatoms. The number of hydrogen-bond acceptors (Lipinski definition) is 7. The van der Waals surface area contributed by atoms with Crippen LogP contribution in [0.25, 0.3) is 22.3 Å². The molecule has 0 atom stereocenters. The van der Waals surface area contributed by atoms with Gasteiger partial charge in [-0.2, -0.15) is 0 Å². The molecule has 0 unspecified atom stereocenters. The second-order valence-corrected chi connectivity index (χ2v) is 13.9. The van der Waals surface area contributed by atoms with Gasteiger partial charge in [0.25, 0.3) is 11.8 Å². The fourth-order valence-corrected chi connectivity index (χ4v) is 7.21. The lowest BCUT2D eigenvalue weighted by Crippen LogP contribution is -2.45. The number of nitrogens with zero attached hydrogens (tertiary/aromatic N) is 5. The molecule has 2 N–H and O–H groups in total. The highest BCUT2D eigenvalue weighted by molar-refractivity contribution is 6.33. The first-order valence-corrected chi connectivity index (χ1v) is 18.0. The van der Waals surface area contributed by atoms with Crippen molar-refractivity contribution in [1.29, 1.82) is 0 Å². The second-order valence-electron chi connectivity index (χ2n) is 13.5. The van der Waals surface area contributed by atoms with Crippen molar-refractivity contribution in [1.82, 2.24) is 30.5 Å². The summed E-state index contributed by atoms with van der Waals surface area (Å²) in [6.07, 6.45) is 12.5. The van der Waals surface area contributed by atoms with Gasteiger partial charge in [0, 0.05) is 109 Å². The fourth-order valence-electron chi connectivity index (χ4n) is 6.99. The molecule has 51 heavy (non-hydrogen) atoms. The zero-order valence-corrected chi connectivity index (χ0v) is 29.5. The van der Waals surface area contributed by atoms with E-state index in [0.717, 1.165) is 92.0 Å². The molecule has 3 aromatic heterocycles. The summed E-state index contributed by atoms with van der Waals surface area (Å²) in [6, 6.07) is 23.5. The van der Waals surface area contributed by atoms with E-state index in [4.69, 9.17) is 16.6 Å². The van der Waals surface area contributed by atoms with E-state index in [2.05, 4.69) is 49.5 Å². The molecule has 7 rings (SSSR count). The van der Waals surface area contributed by atoms with Gasteiger partial charge in [-0.1, -0.05) is 35.9 Å². The normalized spacial score (nSPS) is 15.8. The predicted molar refractivity (Wildman–Crippen MR) is 202 cm³/mol. The van der Waals surface area contributed by atoms with Crippen LogP contribution in [0.15, 0.2) is 104 Å². The molecular weight excluding hydrogens is 658 g/mol. The van der Waals surface area contributed by atoms with Crippen LogP contribution in [0.5, 0.6) is 0 Å². The summed E-state index contributed by atoms with van der Waals surface area (Å²) < 4.78 is 0. The maximum absolute atomic E-state index is 13.2. The molecule has 0 saturated carbocycles. The first-order valence-electron chi connectivity index (χ1n) is 17.6. The van der Waals surface area contributed by atoms with E-state index in [1.165, 1.54) is 5.56 Å². The number of carbonyl (C=O) groups excluding carboxylic acids is 2. The van der Waals surface area contributed by atoms with E-state index in [0.29, 0.717) is 16.1 Å². The third kappa shape index (κ3) is 8.44. The van der Waals surface area contributed by atoms with Crippen LogP contribution in [0.2, 0.25) is 5.02 Å². The van der Waals surface area contributed by atoms with Crippen molar-refractivity contribution >= 4 is 29.2 Å². The number of piperidine rings is 2. The lowest BCUT2D eigenvalue weighted by atomic mass is 9.98. The largest absolute Gasteiger partial charge is 0.356 e. The zero-order chi connectivity index (χ0) is 35.2. The Kier molecular flexibility index (Phi) is 10.7. The highest BCUT2D eigenvalue weighted by atomic mass is 35.5. The third-order valence-electron chi connectivity index (χ3n) is 9.97. The monoisotopic (exact) mass is 699 g/mol. The Balaban J connectivity index is 0.853. The van der Waals surface area contributed by atoms with Gasteiger partial charge in [0.2, 0.25) is 0 Å². The Morgan fingerprint density at radius 2 is 1.31 bits per heavy atom. The van der Waals surface area contributed by atoms with Crippen LogP contribution in [0.3, 0.4) is 0 Å². The van der Waals surface area contributed by atoms with E-state index in [1.54, 1.807) is 30.7 Å². The number of benzene rings is 2. The molecule has 5 heterocycles. The predicted octanol–water partition coefficient (Wildman–Crippen LogP) is 6.96. The molecule has 0 radical (unpaired) electrons. The number of likely N-dealkylation sites (tertiary alicyclic amines) is 1. The summed E-state index contributed by atoms with van der Waals surface area (Å²) in [6.45, 7) is 6.37. The van der Waals surface area contributed by atoms with E-state index in [9.17, 15) is 9.59 Å². The Hall–Kier alpha value is -5.12. The van der Waals surface area contributed by atoms with Crippen LogP contribution in [0.1, 0.15) is 57.5 Å². The van der Waals surface area contributed by atoms with Gasteiger partial charge in [0.05, 0.1) is 0 Å². The minimum atomic E-state index is -0.0805. The summed E-state index contributed by atoms with van der Waals surface area (Å²) in [4.78, 5) is 44.2. The van der Waals surface area contributed by atoms with Crippen molar-refractivity contribution in [3.05, 3.63) is 131 Å². The standard InChI is InChI=1S/C41H42ClN7O2/c1-28-6-8-30(22-36(28)32-4-2-16-43-25-32)40(50)47-35-14-20-49(21-15-35)39-11-7-29(24-45-39)27-48-18-12-34(13-19-48)46-41(51)31-9-10-38(42)37(23-31)33-5-3-17-44-26-33/h2-11,16-17,22-26,34-35H,12-15,18-21,27H2,1H3,(H,46,51)(H,47,50). The van der Waals surface area contributed by atoms with Gasteiger partial charge in [-0.15, -0.1) is 0 Å². The van der Waals surface area contributed by atoms with Crippen LogP contribution in [0.4, 0.5) is 5.82 Å². The molecule has 2 saturated heterocycles. The quantitative estimate of drug-likeness (QED) is 0.172. The average molecular weight is 700 g/mol. The average Bonchev–Trinajstić information content (AvgIpc) is 3.17. The van der Waals surface area contributed by atoms with Gasteiger partial charge in [-0.3, -0.25) is 24.5 Å². The summed E-state index contributed by atoms with van der Waals surface area (Å²) in [5.41, 5.74) is 7.28. The first kappa shape index (κ1) is 34.3. The van der Waals surface area contributed by atoms with Gasteiger partial charge < -0.3 is 15.5 Å². The second kappa shape index (κ2) is 15.8. The van der Waals surface area contributed by atoms with E-state index >= 15 is 0 Å². The lowest BCUT2D eigenvalue weighted by molar-refractivity contribution is 0.0906. The van der Waals surface area contributed by atoms with Crippen molar-refractivity contribution in [3.63, 3.8) is 0 Å². The molecule has 2 aliphatic rings. The molecule has 2 amide bonds. The third-order valence-corrected chi connectivity index (χ3v) is 10.3. The molecule has 5 aromatic rings. The Labute approximate surface area is 304 Å². The van der Waals surface area contributed by atoms with Crippen LogP contribution < -0.4 is 15.5 Å². The summed E-state index contributed by atoms with van der Waals surface area (Å²) in [5, 5.41) is 7.07. The van der Waals surface area contributed by atoms with Gasteiger partial charge in [-0.25, -0.2) is 4.98 Å². The highest BCUT2D eigenvalue weighted by Crippen LogP contribution is 2.29. The Bertz CT molecular complexity index is 1960. The molecular formula is C41H42ClN7O2. The van der Waals surface area contributed by atoms with Gasteiger partial charge >= 0.3 is 0 Å². The molecule has 9 nitrogen and oxygen atoms in total. The number of carbonyl (C=O) groups is 2. The number of rotatable bonds is 9. The van der Waals surface area contributed by atoms with Gasteiger partial charge in [0.15, 0.2) is 0 Å². The van der Waals surface area contributed by atoms with Crippen LogP contribution in [-0.4, -0.2) is 69.9 Å². The number of anilines is 1. The van der Waals surface area contributed by atoms with Gasteiger partial charge in [0.1, 0.15) is 5.82 Å². The number of hydrogen-bond donors (Lipinski definition) is 2. The minimum Gasteiger partial charge on any atom is -0.356 e. The fraction of sp³-hybridized carbons (Fsp3) is 0.293. The van der Waals surface area contributed by atoms with E-state index < -0.39 is 0 Å². The number of aryl methyl sites for hydroxylation is 1. The summed E-state index contributed by atoms with van der Waals surface area (Å²) in [7, 11) is 0. The molecule has 260 valence electrons. The Morgan fingerprint density at radius 1 is 0.725 bits per heavy atom. The van der Waals surface area contributed by atoms with Crippen LogP contribution in [0, 0.1) is 6.92 Å². The number of pyridine rings is 3. The maximum Gasteiger partial charge on any atom is 0.251 e. The van der Waals surface area contributed by atoms with Crippen LogP contribution in [-0.2, 0) is 6.54 Å². The minimum absolute atomic E-state index is 0.0376. The molecule has 2 aromatic carbocycles. The SMILES string of the molecule is Cc1ccc(C(=O)NC2CCN(c3ccc(CN4CCC(NC(=O)c5ccc(Cl)c(-c6cccnc6)c5)CC4)cn3)CC2)cc1-c1cccnc1. The number of aromatic nitrogens is 3. The van der Waals surface area contributed by atoms with Crippen molar-refractivity contribution in [3.8, 4) is 22.3 Å². The highest BCUT2D eigenvalue weighted by Gasteiger charge is 2.24. The van der Waals surface area contributed by atoms with E-state index in [1.807, 2.05) is 60.9 Å². The maximum atomic E-state index is 13.2. The lowest BCUT2D eigenvalue weighted by Gasteiger charge is -2.34. The molecule has 2 fully saturated rings. The van der Waals surface area contributed by atoms with Crippen molar-refractivity contribution in [2.45, 2.75) is 51.2 Å². The molecule has 0 aliphatic carbocycles. The van der Waals surface area contributed by atoms with Crippen LogP contribution >= 0.6 is 11.6 Å². The van der Waals surface area contributed by atoms with Crippen molar-refractivity contribution < 1.29 is 9.59 Å². The number of halogens is 1. The zero-order valence-electron chi connectivity index (χ0n) is 28.8. The Morgan fingerprint density at radius 3 is 1.90 bits per heavy atom. The summed E-state index contributed by atoms with van der Waals surface area (Å²) >= 11 is 6.43. The molecule has 0 spiro atoms. The molecule has 2 aliphatic heterocycles. The first-order chi connectivity index (χ1) is 24.9. The summed E-state index contributed by atoms with van der Waals surface area (Å²) in [5.74, 6) is 0.853. The van der Waals surface area contributed by atoms with Crippen molar-refractivity contribution in [2.75, 3.05) is 31.1 Å².